The third kappa shape index (κ3) is 3.25. The molecule has 0 unspecified atom stereocenters. The van der Waals surface area contributed by atoms with Crippen molar-refractivity contribution in [1.82, 2.24) is 9.88 Å². The number of carboxylic acids is 1. The zero-order chi connectivity index (χ0) is 16.6. The lowest BCUT2D eigenvalue weighted by atomic mass is 10.1. The molecule has 0 atom stereocenters. The molecule has 3 rings (SSSR count). The summed E-state index contributed by atoms with van der Waals surface area (Å²) in [5, 5.41) is 9.86. The Kier molecular flexibility index (Phi) is 4.14. The van der Waals surface area contributed by atoms with Gasteiger partial charge in [-0.1, -0.05) is 41.7 Å². The van der Waals surface area contributed by atoms with Gasteiger partial charge in [0.1, 0.15) is 10.9 Å². The van der Waals surface area contributed by atoms with E-state index in [0.717, 1.165) is 33.1 Å². The molecular formula is C16H12N2O3S2. The van der Waals surface area contributed by atoms with Crippen molar-refractivity contribution >= 4 is 57.2 Å². The van der Waals surface area contributed by atoms with Crippen LogP contribution in [0.2, 0.25) is 0 Å². The standard InChI is InChI=1S/C16H12N2O3S2/c1-9-2-5-12-10(6-9)3-4-11(17-12)7-13-15(21)18(8-14(19)20)16(22)23-13/h2-7H,8H2,1H3,(H,19,20)/b13-7-. The zero-order valence-electron chi connectivity index (χ0n) is 12.1. The van der Waals surface area contributed by atoms with E-state index in [-0.39, 0.29) is 4.32 Å². The molecule has 1 aromatic carbocycles. The summed E-state index contributed by atoms with van der Waals surface area (Å²) in [6.07, 6.45) is 1.64. The number of thiocarbonyl (C=S) groups is 1. The molecule has 1 fully saturated rings. The number of carbonyl (C=O) groups is 2. The summed E-state index contributed by atoms with van der Waals surface area (Å²) in [4.78, 5) is 29.0. The average molecular weight is 344 g/mol. The van der Waals surface area contributed by atoms with Crippen molar-refractivity contribution in [1.29, 1.82) is 0 Å². The van der Waals surface area contributed by atoms with E-state index in [1.807, 2.05) is 37.3 Å². The minimum absolute atomic E-state index is 0.250. The maximum atomic E-state index is 12.2. The molecule has 0 aliphatic carbocycles. The monoisotopic (exact) mass is 344 g/mol. The minimum Gasteiger partial charge on any atom is -0.480 e. The average Bonchev–Trinajstić information content (AvgIpc) is 2.75. The Hall–Kier alpha value is -2.25. The smallest absolute Gasteiger partial charge is 0.323 e. The van der Waals surface area contributed by atoms with Crippen molar-refractivity contribution in [3.8, 4) is 0 Å². The second-order valence-corrected chi connectivity index (χ2v) is 6.77. The van der Waals surface area contributed by atoms with Gasteiger partial charge in [-0.3, -0.25) is 14.5 Å². The van der Waals surface area contributed by atoms with Gasteiger partial charge < -0.3 is 5.11 Å². The molecule has 7 heteroatoms. The van der Waals surface area contributed by atoms with Gasteiger partial charge in [-0.25, -0.2) is 4.98 Å². The molecule has 23 heavy (non-hydrogen) atoms. The fourth-order valence-electron chi connectivity index (χ4n) is 2.25. The van der Waals surface area contributed by atoms with Crippen molar-refractivity contribution in [2.45, 2.75) is 6.92 Å². The summed E-state index contributed by atoms with van der Waals surface area (Å²) in [5.41, 5.74) is 2.63. The van der Waals surface area contributed by atoms with Gasteiger partial charge in [-0.2, -0.15) is 0 Å². The lowest BCUT2D eigenvalue weighted by Gasteiger charge is -2.10. The SMILES string of the molecule is Cc1ccc2nc(/C=C3\SC(=S)N(CC(=O)O)C3=O)ccc2c1. The summed E-state index contributed by atoms with van der Waals surface area (Å²) in [7, 11) is 0. The van der Waals surface area contributed by atoms with E-state index in [2.05, 4.69) is 4.98 Å². The molecule has 0 bridgehead atoms. The van der Waals surface area contributed by atoms with Gasteiger partial charge in [-0.15, -0.1) is 0 Å². The van der Waals surface area contributed by atoms with Crippen LogP contribution in [-0.2, 0) is 9.59 Å². The number of carbonyl (C=O) groups excluding carboxylic acids is 1. The van der Waals surface area contributed by atoms with E-state index < -0.39 is 18.4 Å². The molecule has 1 saturated heterocycles. The molecule has 1 aromatic heterocycles. The molecule has 0 radical (unpaired) electrons. The van der Waals surface area contributed by atoms with Crippen LogP contribution in [0, 0.1) is 6.92 Å². The Labute approximate surface area is 142 Å². The lowest BCUT2D eigenvalue weighted by molar-refractivity contribution is -0.140. The number of fused-ring (bicyclic) bond motifs is 1. The van der Waals surface area contributed by atoms with Crippen LogP contribution < -0.4 is 0 Å². The van der Waals surface area contributed by atoms with Crippen LogP contribution in [0.15, 0.2) is 35.2 Å². The van der Waals surface area contributed by atoms with E-state index in [0.29, 0.717) is 10.6 Å². The topological polar surface area (TPSA) is 70.5 Å². The Morgan fingerprint density at radius 1 is 1.39 bits per heavy atom. The number of amides is 1. The quantitative estimate of drug-likeness (QED) is 0.682. The van der Waals surface area contributed by atoms with Crippen LogP contribution in [-0.4, -0.2) is 37.7 Å². The number of thioether (sulfide) groups is 1. The highest BCUT2D eigenvalue weighted by molar-refractivity contribution is 8.26. The van der Waals surface area contributed by atoms with Crippen molar-refractivity contribution in [3.05, 3.63) is 46.5 Å². The number of aryl methyl sites for hydroxylation is 1. The Balaban J connectivity index is 1.92. The van der Waals surface area contributed by atoms with Crippen LogP contribution in [0.5, 0.6) is 0 Å². The predicted octanol–water partition coefficient (Wildman–Crippen LogP) is 2.83. The van der Waals surface area contributed by atoms with E-state index in [1.165, 1.54) is 0 Å². The maximum Gasteiger partial charge on any atom is 0.323 e. The Morgan fingerprint density at radius 3 is 2.91 bits per heavy atom. The number of aliphatic carboxylic acids is 1. The largest absolute Gasteiger partial charge is 0.480 e. The molecule has 1 aliphatic heterocycles. The lowest BCUT2D eigenvalue weighted by Crippen LogP contribution is -2.33. The van der Waals surface area contributed by atoms with Gasteiger partial charge in [0.25, 0.3) is 5.91 Å². The first kappa shape index (κ1) is 15.6. The number of pyridine rings is 1. The van der Waals surface area contributed by atoms with E-state index in [9.17, 15) is 9.59 Å². The second kappa shape index (κ2) is 6.10. The van der Waals surface area contributed by atoms with Gasteiger partial charge in [0.15, 0.2) is 0 Å². The number of aromatic nitrogens is 1. The van der Waals surface area contributed by atoms with Gasteiger partial charge in [0, 0.05) is 5.39 Å². The first-order valence-electron chi connectivity index (χ1n) is 6.78. The van der Waals surface area contributed by atoms with E-state index >= 15 is 0 Å². The van der Waals surface area contributed by atoms with Gasteiger partial charge in [-0.05, 0) is 31.2 Å². The predicted molar refractivity (Wildman–Crippen MR) is 94.0 cm³/mol. The molecular weight excluding hydrogens is 332 g/mol. The highest BCUT2D eigenvalue weighted by Gasteiger charge is 2.33. The van der Waals surface area contributed by atoms with Crippen LogP contribution in [0.1, 0.15) is 11.3 Å². The summed E-state index contributed by atoms with van der Waals surface area (Å²) < 4.78 is 0.250. The molecule has 5 nitrogen and oxygen atoms in total. The summed E-state index contributed by atoms with van der Waals surface area (Å²) in [6, 6.07) is 9.71. The normalized spacial score (nSPS) is 16.6. The Bertz CT molecular complexity index is 877. The summed E-state index contributed by atoms with van der Waals surface area (Å²) in [6.45, 7) is 1.59. The molecule has 1 N–H and O–H groups in total. The van der Waals surface area contributed by atoms with Gasteiger partial charge in [0.05, 0.1) is 16.1 Å². The summed E-state index contributed by atoms with van der Waals surface area (Å²) in [5.74, 6) is -1.49. The number of rotatable bonds is 3. The zero-order valence-corrected chi connectivity index (χ0v) is 13.8. The second-order valence-electron chi connectivity index (χ2n) is 5.09. The first-order valence-corrected chi connectivity index (χ1v) is 8.01. The number of nitrogens with zero attached hydrogens (tertiary/aromatic N) is 2. The molecule has 1 aliphatic rings. The van der Waals surface area contributed by atoms with Crippen molar-refractivity contribution < 1.29 is 14.7 Å². The Morgan fingerprint density at radius 2 is 2.17 bits per heavy atom. The molecule has 1 amide bonds. The van der Waals surface area contributed by atoms with Gasteiger partial charge >= 0.3 is 5.97 Å². The van der Waals surface area contributed by atoms with Crippen LogP contribution >= 0.6 is 24.0 Å². The van der Waals surface area contributed by atoms with Crippen LogP contribution in [0.3, 0.4) is 0 Å². The fourth-order valence-corrected chi connectivity index (χ4v) is 3.49. The third-order valence-electron chi connectivity index (χ3n) is 3.31. The highest BCUT2D eigenvalue weighted by Crippen LogP contribution is 2.32. The minimum atomic E-state index is -1.10. The molecule has 2 aromatic rings. The van der Waals surface area contributed by atoms with Gasteiger partial charge in [0.2, 0.25) is 0 Å². The molecule has 0 spiro atoms. The summed E-state index contributed by atoms with van der Waals surface area (Å²) >= 11 is 6.16. The van der Waals surface area contributed by atoms with Crippen molar-refractivity contribution in [2.75, 3.05) is 6.54 Å². The van der Waals surface area contributed by atoms with Crippen LogP contribution in [0.4, 0.5) is 0 Å². The van der Waals surface area contributed by atoms with Crippen molar-refractivity contribution in [2.24, 2.45) is 0 Å². The van der Waals surface area contributed by atoms with E-state index in [4.69, 9.17) is 17.3 Å². The van der Waals surface area contributed by atoms with Crippen LogP contribution in [0.25, 0.3) is 17.0 Å². The first-order chi connectivity index (χ1) is 10.9. The number of hydrogen-bond acceptors (Lipinski definition) is 5. The number of benzene rings is 1. The molecule has 0 saturated carbocycles. The van der Waals surface area contributed by atoms with E-state index in [1.54, 1.807) is 6.08 Å². The molecule has 116 valence electrons. The number of hydrogen-bond donors (Lipinski definition) is 1. The number of carboxylic acid groups (broad SMARTS) is 1. The highest BCUT2D eigenvalue weighted by atomic mass is 32.2. The maximum absolute atomic E-state index is 12.2. The van der Waals surface area contributed by atoms with Crippen molar-refractivity contribution in [3.63, 3.8) is 0 Å². The third-order valence-corrected chi connectivity index (χ3v) is 4.69. The molecule has 2 heterocycles. The fraction of sp³-hybridized carbons (Fsp3) is 0.125.